The highest BCUT2D eigenvalue weighted by atomic mass is 16.5. The Morgan fingerprint density at radius 1 is 1.15 bits per heavy atom. The molecule has 7 nitrogen and oxygen atoms in total. The molecule has 2 aliphatic rings. The van der Waals surface area contributed by atoms with E-state index in [0.717, 1.165) is 25.3 Å². The molecule has 2 heterocycles. The fourth-order valence-corrected chi connectivity index (χ4v) is 3.79. The molecule has 1 atom stereocenters. The molecule has 0 spiro atoms. The van der Waals surface area contributed by atoms with Crippen LogP contribution in [0.4, 0.5) is 5.69 Å². The largest absolute Gasteiger partial charge is 0.494 e. The number of piperazine rings is 1. The van der Waals surface area contributed by atoms with Gasteiger partial charge in [0, 0.05) is 0 Å². The molecule has 2 fully saturated rings. The van der Waals surface area contributed by atoms with Crippen LogP contribution in [0.2, 0.25) is 0 Å². The van der Waals surface area contributed by atoms with Crippen molar-refractivity contribution in [1.82, 2.24) is 0 Å². The van der Waals surface area contributed by atoms with E-state index in [2.05, 4.69) is 19.3 Å². The normalized spacial score (nSPS) is 25.9. The minimum atomic E-state index is -0.286. The standard InChI is InChI=1S/C20H30N4O3/c1-3-14-27-17-6-4-16(5-7-17)24-19(25)15-18(20(24)26)21-8-9-23-12-10-22(2)11-13-23/h4-7,18,21H,3,8-15H2,1-2H3/p+3/t18-/m0/s1. The molecule has 0 aliphatic carbocycles. The van der Waals surface area contributed by atoms with Crippen LogP contribution < -0.4 is 24.8 Å². The van der Waals surface area contributed by atoms with Gasteiger partial charge < -0.3 is 19.9 Å². The summed E-state index contributed by atoms with van der Waals surface area (Å²) < 4.78 is 5.57. The van der Waals surface area contributed by atoms with Gasteiger partial charge in [-0.2, -0.15) is 0 Å². The maximum atomic E-state index is 12.7. The van der Waals surface area contributed by atoms with Crippen LogP contribution in [-0.2, 0) is 9.59 Å². The summed E-state index contributed by atoms with van der Waals surface area (Å²) in [5, 5.41) is 2.05. The summed E-state index contributed by atoms with van der Waals surface area (Å²) in [6.07, 6.45) is 1.23. The number of imide groups is 1. The lowest BCUT2D eigenvalue weighted by atomic mass is 10.2. The monoisotopic (exact) mass is 377 g/mol. The minimum Gasteiger partial charge on any atom is -0.494 e. The maximum Gasteiger partial charge on any atom is 0.292 e. The summed E-state index contributed by atoms with van der Waals surface area (Å²) >= 11 is 0. The van der Waals surface area contributed by atoms with Gasteiger partial charge in [-0.25, -0.2) is 4.90 Å². The Labute approximate surface area is 161 Å². The highest BCUT2D eigenvalue weighted by Gasteiger charge is 2.42. The SMILES string of the molecule is CCCOc1ccc(N2C(=O)C[C@H]([NH2+]CC[NH+]3CC[NH+](C)CC3)C2=O)cc1. The Morgan fingerprint density at radius 2 is 1.85 bits per heavy atom. The quantitative estimate of drug-likeness (QED) is 0.425. The number of nitrogens with two attached hydrogens (primary N) is 1. The van der Waals surface area contributed by atoms with Gasteiger partial charge >= 0.3 is 0 Å². The van der Waals surface area contributed by atoms with Gasteiger partial charge in [-0.05, 0) is 30.7 Å². The first-order chi connectivity index (χ1) is 13.1. The number of nitrogens with zero attached hydrogens (tertiary/aromatic N) is 1. The van der Waals surface area contributed by atoms with Gasteiger partial charge in [0.05, 0.1) is 25.8 Å². The predicted molar refractivity (Wildman–Crippen MR) is 102 cm³/mol. The van der Waals surface area contributed by atoms with Crippen molar-refractivity contribution in [3.05, 3.63) is 24.3 Å². The van der Waals surface area contributed by atoms with Crippen LogP contribution in [0.1, 0.15) is 19.8 Å². The molecule has 0 bridgehead atoms. The van der Waals surface area contributed by atoms with Gasteiger partial charge in [0.15, 0.2) is 6.04 Å². The zero-order valence-corrected chi connectivity index (χ0v) is 16.5. The summed E-state index contributed by atoms with van der Waals surface area (Å²) in [6.45, 7) is 9.45. The molecule has 0 radical (unpaired) electrons. The predicted octanol–water partition coefficient (Wildman–Crippen LogP) is -2.92. The van der Waals surface area contributed by atoms with E-state index in [1.807, 2.05) is 12.1 Å². The molecule has 7 heteroatoms. The van der Waals surface area contributed by atoms with E-state index in [0.29, 0.717) is 12.3 Å². The molecule has 0 saturated carbocycles. The highest BCUT2D eigenvalue weighted by molar-refractivity contribution is 6.21. The molecule has 4 N–H and O–H groups in total. The molecule has 0 unspecified atom stereocenters. The van der Waals surface area contributed by atoms with Crippen molar-refractivity contribution in [3.63, 3.8) is 0 Å². The number of amides is 2. The van der Waals surface area contributed by atoms with E-state index in [9.17, 15) is 9.59 Å². The topological polar surface area (TPSA) is 72.1 Å². The average Bonchev–Trinajstić information content (AvgIpc) is 2.96. The average molecular weight is 378 g/mol. The Hall–Kier alpha value is -1.96. The number of likely N-dealkylation sites (N-methyl/N-ethyl adjacent to an activating group) is 1. The number of ether oxygens (including phenoxy) is 1. The van der Waals surface area contributed by atoms with Gasteiger partial charge in [0.25, 0.3) is 5.91 Å². The molecule has 2 aliphatic heterocycles. The van der Waals surface area contributed by atoms with Gasteiger partial charge in [-0.15, -0.1) is 0 Å². The third kappa shape index (κ3) is 5.06. The van der Waals surface area contributed by atoms with Gasteiger partial charge in [0.1, 0.15) is 45.0 Å². The Morgan fingerprint density at radius 3 is 2.52 bits per heavy atom. The van der Waals surface area contributed by atoms with E-state index >= 15 is 0 Å². The third-order valence-corrected chi connectivity index (χ3v) is 5.51. The number of carbonyl (C=O) groups is 2. The van der Waals surface area contributed by atoms with Crippen LogP contribution in [0.25, 0.3) is 0 Å². The second-order valence-electron chi connectivity index (χ2n) is 7.70. The van der Waals surface area contributed by atoms with Crippen LogP contribution in [0.3, 0.4) is 0 Å². The van der Waals surface area contributed by atoms with Crippen LogP contribution in [-0.4, -0.2) is 70.8 Å². The van der Waals surface area contributed by atoms with Crippen LogP contribution in [0.15, 0.2) is 24.3 Å². The van der Waals surface area contributed by atoms with Crippen molar-refractivity contribution < 1.29 is 29.4 Å². The van der Waals surface area contributed by atoms with Crippen LogP contribution in [0.5, 0.6) is 5.75 Å². The van der Waals surface area contributed by atoms with Crippen LogP contribution >= 0.6 is 0 Å². The number of hydrogen-bond acceptors (Lipinski definition) is 3. The second-order valence-corrected chi connectivity index (χ2v) is 7.70. The second kappa shape index (κ2) is 9.30. The number of benzene rings is 1. The van der Waals surface area contributed by atoms with Crippen molar-refractivity contribution >= 4 is 17.5 Å². The Kier molecular flexibility index (Phi) is 6.82. The van der Waals surface area contributed by atoms with Crippen molar-refractivity contribution in [2.24, 2.45) is 0 Å². The number of hydrogen-bond donors (Lipinski definition) is 3. The molecule has 2 saturated heterocycles. The van der Waals surface area contributed by atoms with Crippen molar-refractivity contribution in [1.29, 1.82) is 0 Å². The lowest BCUT2D eigenvalue weighted by Crippen LogP contribution is -3.27. The molecule has 148 valence electrons. The molecule has 0 aromatic heterocycles. The van der Waals surface area contributed by atoms with E-state index in [4.69, 9.17) is 4.74 Å². The number of nitrogens with one attached hydrogen (secondary N) is 2. The van der Waals surface area contributed by atoms with E-state index in [1.54, 1.807) is 21.9 Å². The molecular formula is C20H33N4O3+3. The lowest BCUT2D eigenvalue weighted by Gasteiger charge is -2.26. The number of carbonyl (C=O) groups excluding carboxylic acids is 2. The van der Waals surface area contributed by atoms with Crippen molar-refractivity contribution in [3.8, 4) is 5.75 Å². The van der Waals surface area contributed by atoms with Gasteiger partial charge in [0.2, 0.25) is 5.91 Å². The molecule has 1 aromatic carbocycles. The third-order valence-electron chi connectivity index (χ3n) is 5.51. The summed E-state index contributed by atoms with van der Waals surface area (Å²) in [4.78, 5) is 29.7. The summed E-state index contributed by atoms with van der Waals surface area (Å²) in [5.74, 6) is 0.555. The Bertz CT molecular complexity index is 641. The fraction of sp³-hybridized carbons (Fsp3) is 0.600. The minimum absolute atomic E-state index is 0.0972. The first kappa shape index (κ1) is 19.8. The Balaban J connectivity index is 1.50. The molecule has 27 heavy (non-hydrogen) atoms. The first-order valence-electron chi connectivity index (χ1n) is 10.2. The maximum absolute atomic E-state index is 12.7. The first-order valence-corrected chi connectivity index (χ1v) is 10.2. The van der Waals surface area contributed by atoms with Gasteiger partial charge in [-0.3, -0.25) is 9.59 Å². The number of anilines is 1. The van der Waals surface area contributed by atoms with E-state index in [1.165, 1.54) is 31.1 Å². The summed E-state index contributed by atoms with van der Waals surface area (Å²) in [5.41, 5.74) is 0.636. The molecule has 3 rings (SSSR count). The molecule has 1 aromatic rings. The smallest absolute Gasteiger partial charge is 0.292 e. The number of rotatable bonds is 8. The lowest BCUT2D eigenvalue weighted by molar-refractivity contribution is -1.01. The summed E-state index contributed by atoms with van der Waals surface area (Å²) in [6, 6.07) is 6.94. The van der Waals surface area contributed by atoms with Crippen molar-refractivity contribution in [2.75, 3.05) is 57.8 Å². The zero-order chi connectivity index (χ0) is 19.2. The van der Waals surface area contributed by atoms with E-state index in [-0.39, 0.29) is 24.3 Å². The summed E-state index contributed by atoms with van der Waals surface area (Å²) in [7, 11) is 2.24. The zero-order valence-electron chi connectivity index (χ0n) is 16.5. The fourth-order valence-electron chi connectivity index (χ4n) is 3.79. The number of quaternary nitrogens is 3. The van der Waals surface area contributed by atoms with Crippen LogP contribution in [0, 0.1) is 0 Å². The molecular weight excluding hydrogens is 344 g/mol. The van der Waals surface area contributed by atoms with E-state index < -0.39 is 0 Å². The van der Waals surface area contributed by atoms with Gasteiger partial charge in [-0.1, -0.05) is 6.92 Å². The molecule has 2 amide bonds. The van der Waals surface area contributed by atoms with Crippen molar-refractivity contribution in [2.45, 2.75) is 25.8 Å². The highest BCUT2D eigenvalue weighted by Crippen LogP contribution is 2.24.